The Hall–Kier alpha value is 0.795. The van der Waals surface area contributed by atoms with Gasteiger partial charge in [-0.05, 0) is 11.1 Å². The Labute approximate surface area is 49.9 Å². The predicted octanol–water partition coefficient (Wildman–Crippen LogP) is -0.370. The fraction of sp³-hybridized carbons (Fsp3) is 0. The molecule has 1 N–H and O–H groups in total. The van der Waals surface area contributed by atoms with Gasteiger partial charge in [0, 0.05) is 21.1 Å². The zero-order valence-corrected chi connectivity index (χ0v) is 6.08. The molecule has 0 rings (SSSR count). The van der Waals surface area contributed by atoms with Crippen LogP contribution in [0.3, 0.4) is 0 Å². The quantitative estimate of drug-likeness (QED) is 0.488. The number of hydrogen-bond acceptors (Lipinski definition) is 1. The molecular weight excluding hydrogens is 291 g/mol. The molecule has 0 aromatic heterocycles. The van der Waals surface area contributed by atoms with E-state index in [1.807, 2.05) is 0 Å². The second-order valence-electron chi connectivity index (χ2n) is 0.253. The molecule has 0 spiro atoms. The minimum Gasteiger partial charge on any atom is -0.529 e. The van der Waals surface area contributed by atoms with Crippen LogP contribution < -0.4 is 0 Å². The van der Waals surface area contributed by atoms with Crippen LogP contribution in [0.4, 0.5) is 0 Å². The summed E-state index contributed by atoms with van der Waals surface area (Å²) in [5.41, 5.74) is 0. The molecule has 0 saturated carbocycles. The SMILES string of the molecule is O=[Si](O)Cl.[Pt]. The van der Waals surface area contributed by atoms with Crippen molar-refractivity contribution in [3.8, 4) is 0 Å². The Bertz CT molecular complexity index is 32.6. The van der Waals surface area contributed by atoms with E-state index in [1.165, 1.54) is 0 Å². The molecule has 0 fully saturated rings. The van der Waals surface area contributed by atoms with Gasteiger partial charge in [-0.25, -0.2) is 0 Å². The summed E-state index contributed by atoms with van der Waals surface area (Å²) < 4.78 is 8.95. The summed E-state index contributed by atoms with van der Waals surface area (Å²) in [5.74, 6) is 0. The maximum absolute atomic E-state index is 8.95. The molecule has 0 aliphatic heterocycles. The van der Waals surface area contributed by atoms with Gasteiger partial charge in [0.05, 0.1) is 0 Å². The Morgan fingerprint density at radius 2 is 1.80 bits per heavy atom. The first-order valence-electron chi connectivity index (χ1n) is 0.617. The van der Waals surface area contributed by atoms with E-state index < -0.39 is 8.24 Å². The average Bonchev–Trinajstić information content (AvgIpc) is 0.811. The van der Waals surface area contributed by atoms with Crippen molar-refractivity contribution in [2.45, 2.75) is 0 Å². The molecule has 0 amide bonds. The Morgan fingerprint density at radius 3 is 1.80 bits per heavy atom. The summed E-state index contributed by atoms with van der Waals surface area (Å²) in [6, 6.07) is 0. The molecule has 0 saturated heterocycles. The Kier molecular flexibility index (Phi) is 8.87. The van der Waals surface area contributed by atoms with Gasteiger partial charge in [-0.15, -0.1) is 0 Å². The molecule has 5 heavy (non-hydrogen) atoms. The number of halogens is 1. The van der Waals surface area contributed by atoms with Gasteiger partial charge >= 0.3 is 8.24 Å². The normalized spacial score (nSPS) is 5.00. The molecule has 0 aliphatic rings. The van der Waals surface area contributed by atoms with Gasteiger partial charge < -0.3 is 9.26 Å². The first-order chi connectivity index (χ1) is 1.73. The van der Waals surface area contributed by atoms with Crippen molar-refractivity contribution in [3.63, 3.8) is 0 Å². The summed E-state index contributed by atoms with van der Waals surface area (Å²) in [6.45, 7) is 0. The minimum absolute atomic E-state index is 0. The van der Waals surface area contributed by atoms with Crippen LogP contribution in [0.2, 0.25) is 0 Å². The van der Waals surface area contributed by atoms with Crippen molar-refractivity contribution in [3.05, 3.63) is 0 Å². The molecule has 0 heterocycles. The van der Waals surface area contributed by atoms with Crippen LogP contribution in [0, 0.1) is 0 Å². The van der Waals surface area contributed by atoms with Gasteiger partial charge in [0.25, 0.3) is 0 Å². The maximum Gasteiger partial charge on any atom is 0.616 e. The van der Waals surface area contributed by atoms with Gasteiger partial charge in [-0.2, -0.15) is 0 Å². The third-order valence-corrected chi connectivity index (χ3v) is 0. The average molecular weight is 292 g/mol. The monoisotopic (exact) mass is 291 g/mol. The van der Waals surface area contributed by atoms with Gasteiger partial charge in [-0.1, -0.05) is 0 Å². The standard InChI is InChI=1S/ClHO2Si.Pt/c1-4(2)3;/h2H;. The molecule has 0 atom stereocenters. The maximum atomic E-state index is 8.95. The summed E-state index contributed by atoms with van der Waals surface area (Å²) in [7, 11) is -2.66. The number of hydrogen-bond donors (Lipinski definition) is 1. The van der Waals surface area contributed by atoms with Crippen LogP contribution in [-0.4, -0.2) is 13.0 Å². The summed E-state index contributed by atoms with van der Waals surface area (Å²) in [5, 5.41) is 0. The van der Waals surface area contributed by atoms with E-state index in [-0.39, 0.29) is 21.1 Å². The first kappa shape index (κ1) is 9.25. The van der Waals surface area contributed by atoms with Crippen LogP contribution in [0.1, 0.15) is 0 Å². The van der Waals surface area contributed by atoms with Crippen molar-refractivity contribution in [1.29, 1.82) is 0 Å². The largest absolute Gasteiger partial charge is 0.616 e. The fourth-order valence-electron chi connectivity index (χ4n) is 0. The summed E-state index contributed by atoms with van der Waals surface area (Å²) in [4.78, 5) is 7.37. The van der Waals surface area contributed by atoms with Crippen LogP contribution in [0.25, 0.3) is 0 Å². The van der Waals surface area contributed by atoms with E-state index in [2.05, 4.69) is 11.1 Å². The van der Waals surface area contributed by atoms with Crippen molar-refractivity contribution in [1.82, 2.24) is 0 Å². The molecule has 0 aliphatic carbocycles. The van der Waals surface area contributed by atoms with Crippen LogP contribution in [0.15, 0.2) is 0 Å². The van der Waals surface area contributed by atoms with Crippen molar-refractivity contribution in [2.24, 2.45) is 0 Å². The topological polar surface area (TPSA) is 37.3 Å². The molecule has 34 valence electrons. The second-order valence-corrected chi connectivity index (χ2v) is 1.73. The zero-order valence-electron chi connectivity index (χ0n) is 2.05. The molecule has 0 aromatic rings. The van der Waals surface area contributed by atoms with E-state index in [0.717, 1.165) is 0 Å². The van der Waals surface area contributed by atoms with Gasteiger partial charge in [0.1, 0.15) is 0 Å². The van der Waals surface area contributed by atoms with Crippen LogP contribution >= 0.6 is 11.1 Å². The minimum atomic E-state index is -2.66. The van der Waals surface area contributed by atoms with Crippen LogP contribution in [-0.2, 0) is 25.5 Å². The van der Waals surface area contributed by atoms with Crippen molar-refractivity contribution in [2.75, 3.05) is 0 Å². The van der Waals surface area contributed by atoms with E-state index in [1.54, 1.807) is 0 Å². The Balaban J connectivity index is 0. The number of rotatable bonds is 0. The summed E-state index contributed by atoms with van der Waals surface area (Å²) >= 11 is 4.38. The molecule has 0 unspecified atom stereocenters. The predicted molar refractivity (Wildman–Crippen MR) is 14.5 cm³/mol. The molecule has 0 radical (unpaired) electrons. The molecular formula is HClO2PtSi. The van der Waals surface area contributed by atoms with E-state index >= 15 is 0 Å². The first-order valence-corrected chi connectivity index (χ1v) is 2.98. The van der Waals surface area contributed by atoms with Gasteiger partial charge in [0.2, 0.25) is 0 Å². The molecule has 0 aromatic carbocycles. The van der Waals surface area contributed by atoms with Crippen LogP contribution in [0.5, 0.6) is 0 Å². The summed E-state index contributed by atoms with van der Waals surface area (Å²) in [6.07, 6.45) is 0. The second kappa shape index (κ2) is 4.80. The fourth-order valence-corrected chi connectivity index (χ4v) is 0. The van der Waals surface area contributed by atoms with Gasteiger partial charge in [0.15, 0.2) is 0 Å². The molecule has 5 heteroatoms. The van der Waals surface area contributed by atoms with E-state index in [9.17, 15) is 0 Å². The smallest absolute Gasteiger partial charge is 0.529 e. The zero-order chi connectivity index (χ0) is 3.58. The van der Waals surface area contributed by atoms with Crippen molar-refractivity contribution >= 4 is 19.3 Å². The molecule has 2 nitrogen and oxygen atoms in total. The van der Waals surface area contributed by atoms with Crippen molar-refractivity contribution < 1.29 is 30.3 Å². The molecule has 0 bridgehead atoms. The van der Waals surface area contributed by atoms with Gasteiger partial charge in [-0.3, -0.25) is 0 Å². The van der Waals surface area contributed by atoms with E-state index in [0.29, 0.717) is 0 Å². The van der Waals surface area contributed by atoms with E-state index in [4.69, 9.17) is 9.26 Å². The third kappa shape index (κ3) is 59.2. The third-order valence-electron chi connectivity index (χ3n) is 0. The Morgan fingerprint density at radius 1 is 1.80 bits per heavy atom.